The molecule has 1 aromatic heterocycles. The molecule has 1 unspecified atom stereocenters. The van der Waals surface area contributed by atoms with Crippen LogP contribution in [0.25, 0.3) is 0 Å². The van der Waals surface area contributed by atoms with Crippen molar-refractivity contribution in [3.63, 3.8) is 0 Å². The number of carbonyl (C=O) groups is 1. The molecule has 0 spiro atoms. The number of aromatic nitrogens is 3. The normalized spacial score (nSPS) is 11.6. The number of ether oxygens (including phenoxy) is 1. The summed E-state index contributed by atoms with van der Waals surface area (Å²) in [6, 6.07) is 16.6. The molecule has 0 radical (unpaired) electrons. The summed E-state index contributed by atoms with van der Waals surface area (Å²) in [4.78, 5) is 24.0. The van der Waals surface area contributed by atoms with Crippen molar-refractivity contribution in [3.8, 4) is 11.5 Å². The number of rotatable bonds is 6. The molecule has 5 N–H and O–H groups in total. The number of para-hydroxylation sites is 1. The average Bonchev–Trinajstić information content (AvgIpc) is 2.63. The fourth-order valence-corrected chi connectivity index (χ4v) is 2.90. The van der Waals surface area contributed by atoms with Crippen molar-refractivity contribution in [3.05, 3.63) is 54.6 Å². The second-order valence-corrected chi connectivity index (χ2v) is 6.83. The number of hydrogen-bond donors (Lipinski definition) is 3. The number of nitrogen functional groups attached to an aromatic ring is 2. The molecule has 2 aromatic carbocycles. The molecule has 27 heavy (non-hydrogen) atoms. The number of anilines is 3. The summed E-state index contributed by atoms with van der Waals surface area (Å²) < 4.78 is 5.72. The van der Waals surface area contributed by atoms with Gasteiger partial charge in [0.15, 0.2) is 5.16 Å². The van der Waals surface area contributed by atoms with Crippen molar-refractivity contribution in [2.75, 3.05) is 16.8 Å². The van der Waals surface area contributed by atoms with Crippen LogP contribution in [0, 0.1) is 0 Å². The van der Waals surface area contributed by atoms with Gasteiger partial charge in [-0.3, -0.25) is 4.79 Å². The molecular formula is C18H18N6O2S. The van der Waals surface area contributed by atoms with E-state index < -0.39 is 5.25 Å². The van der Waals surface area contributed by atoms with Gasteiger partial charge in [0.1, 0.15) is 11.5 Å². The number of nitrogens with zero attached hydrogens (tertiary/aromatic N) is 3. The Bertz CT molecular complexity index is 901. The summed E-state index contributed by atoms with van der Waals surface area (Å²) in [6.45, 7) is 1.74. The van der Waals surface area contributed by atoms with E-state index in [1.807, 2.05) is 30.3 Å². The van der Waals surface area contributed by atoms with Gasteiger partial charge >= 0.3 is 0 Å². The molecule has 0 aliphatic heterocycles. The minimum Gasteiger partial charge on any atom is -0.457 e. The third-order valence-corrected chi connectivity index (χ3v) is 4.36. The van der Waals surface area contributed by atoms with Crippen LogP contribution in [-0.2, 0) is 4.79 Å². The van der Waals surface area contributed by atoms with Crippen LogP contribution >= 0.6 is 11.8 Å². The monoisotopic (exact) mass is 382 g/mol. The van der Waals surface area contributed by atoms with Crippen LogP contribution in [0.15, 0.2) is 59.8 Å². The molecule has 3 aromatic rings. The van der Waals surface area contributed by atoms with E-state index in [-0.39, 0.29) is 17.8 Å². The second-order valence-electron chi connectivity index (χ2n) is 5.52. The molecule has 3 rings (SSSR count). The Morgan fingerprint density at radius 2 is 1.56 bits per heavy atom. The zero-order chi connectivity index (χ0) is 19.2. The Labute approximate surface area is 160 Å². The van der Waals surface area contributed by atoms with Crippen molar-refractivity contribution in [2.45, 2.75) is 17.3 Å². The first-order valence-electron chi connectivity index (χ1n) is 8.07. The zero-order valence-electron chi connectivity index (χ0n) is 14.5. The Kier molecular flexibility index (Phi) is 5.72. The highest BCUT2D eigenvalue weighted by atomic mass is 32.2. The van der Waals surface area contributed by atoms with E-state index in [0.29, 0.717) is 16.6 Å². The molecule has 0 aliphatic carbocycles. The highest BCUT2D eigenvalue weighted by molar-refractivity contribution is 8.00. The number of nitrogens with two attached hydrogens (primary N) is 2. The van der Waals surface area contributed by atoms with E-state index in [1.165, 1.54) is 0 Å². The smallest absolute Gasteiger partial charge is 0.237 e. The molecule has 0 saturated heterocycles. The predicted molar refractivity (Wildman–Crippen MR) is 106 cm³/mol. The molecule has 1 heterocycles. The van der Waals surface area contributed by atoms with Gasteiger partial charge in [0.05, 0.1) is 5.25 Å². The first-order valence-corrected chi connectivity index (χ1v) is 8.95. The van der Waals surface area contributed by atoms with Crippen LogP contribution in [0.2, 0.25) is 0 Å². The Morgan fingerprint density at radius 1 is 0.963 bits per heavy atom. The van der Waals surface area contributed by atoms with Crippen molar-refractivity contribution < 1.29 is 9.53 Å². The third-order valence-electron chi connectivity index (χ3n) is 3.40. The van der Waals surface area contributed by atoms with Crippen LogP contribution in [-0.4, -0.2) is 26.1 Å². The fraction of sp³-hybridized carbons (Fsp3) is 0.111. The lowest BCUT2D eigenvalue weighted by atomic mass is 10.3. The topological polar surface area (TPSA) is 129 Å². The average molecular weight is 382 g/mol. The molecule has 0 fully saturated rings. The standard InChI is InChI=1S/C18H18N6O2S/c1-11(27-18-23-16(19)22-17(20)24-18)15(25)21-12-7-9-14(10-8-12)26-13-5-3-2-4-6-13/h2-11H,1H3,(H,21,25)(H4,19,20,22,23,24). The number of nitrogens with one attached hydrogen (secondary N) is 1. The first-order chi connectivity index (χ1) is 13.0. The van der Waals surface area contributed by atoms with Gasteiger partial charge in [-0.1, -0.05) is 30.0 Å². The largest absolute Gasteiger partial charge is 0.457 e. The first kappa shape index (κ1) is 18.5. The second kappa shape index (κ2) is 8.37. The van der Waals surface area contributed by atoms with Gasteiger partial charge in [-0.25, -0.2) is 0 Å². The van der Waals surface area contributed by atoms with E-state index in [9.17, 15) is 4.79 Å². The van der Waals surface area contributed by atoms with Gasteiger partial charge in [-0.15, -0.1) is 0 Å². The molecular weight excluding hydrogens is 364 g/mol. The van der Waals surface area contributed by atoms with Gasteiger partial charge in [-0.05, 0) is 43.3 Å². The quantitative estimate of drug-likeness (QED) is 0.555. The Balaban J connectivity index is 1.58. The number of amides is 1. The number of carbonyl (C=O) groups excluding carboxylic acids is 1. The van der Waals surface area contributed by atoms with Crippen LogP contribution in [0.1, 0.15) is 6.92 Å². The van der Waals surface area contributed by atoms with E-state index in [2.05, 4.69) is 20.3 Å². The van der Waals surface area contributed by atoms with Crippen molar-refractivity contribution in [1.29, 1.82) is 0 Å². The summed E-state index contributed by atoms with van der Waals surface area (Å²) in [6.07, 6.45) is 0. The van der Waals surface area contributed by atoms with Gasteiger partial charge in [-0.2, -0.15) is 15.0 Å². The van der Waals surface area contributed by atoms with Crippen LogP contribution in [0.3, 0.4) is 0 Å². The van der Waals surface area contributed by atoms with E-state index in [4.69, 9.17) is 16.2 Å². The molecule has 0 bridgehead atoms. The molecule has 1 atom stereocenters. The minimum absolute atomic E-state index is 0.0200. The molecule has 9 heteroatoms. The maximum absolute atomic E-state index is 12.4. The molecule has 8 nitrogen and oxygen atoms in total. The summed E-state index contributed by atoms with van der Waals surface area (Å²) >= 11 is 1.15. The summed E-state index contributed by atoms with van der Waals surface area (Å²) in [5.74, 6) is 1.26. The molecule has 138 valence electrons. The molecule has 0 aliphatic rings. The lowest BCUT2D eigenvalue weighted by molar-refractivity contribution is -0.115. The van der Waals surface area contributed by atoms with Crippen LogP contribution < -0.4 is 21.5 Å². The molecule has 0 saturated carbocycles. The van der Waals surface area contributed by atoms with Gasteiger partial charge in [0, 0.05) is 5.69 Å². The highest BCUT2D eigenvalue weighted by Gasteiger charge is 2.17. The van der Waals surface area contributed by atoms with Crippen molar-refractivity contribution in [1.82, 2.24) is 15.0 Å². The highest BCUT2D eigenvalue weighted by Crippen LogP contribution is 2.24. The van der Waals surface area contributed by atoms with Crippen molar-refractivity contribution >= 4 is 35.3 Å². The fourth-order valence-electron chi connectivity index (χ4n) is 2.13. The summed E-state index contributed by atoms with van der Waals surface area (Å²) in [5.41, 5.74) is 11.7. The van der Waals surface area contributed by atoms with E-state index >= 15 is 0 Å². The number of thioether (sulfide) groups is 1. The summed E-state index contributed by atoms with van der Waals surface area (Å²) in [7, 11) is 0. The Hall–Kier alpha value is -3.33. The maximum Gasteiger partial charge on any atom is 0.237 e. The SMILES string of the molecule is CC(Sc1nc(N)nc(N)n1)C(=O)Nc1ccc(Oc2ccccc2)cc1. The van der Waals surface area contributed by atoms with Gasteiger partial charge in [0.2, 0.25) is 17.8 Å². The van der Waals surface area contributed by atoms with E-state index in [1.54, 1.807) is 31.2 Å². The number of benzene rings is 2. The molecule has 1 amide bonds. The lowest BCUT2D eigenvalue weighted by Gasteiger charge is -2.12. The predicted octanol–water partition coefficient (Wildman–Crippen LogP) is 2.95. The minimum atomic E-state index is -0.452. The third kappa shape index (κ3) is 5.32. The van der Waals surface area contributed by atoms with Crippen LogP contribution in [0.5, 0.6) is 11.5 Å². The van der Waals surface area contributed by atoms with Crippen LogP contribution in [0.4, 0.5) is 17.6 Å². The lowest BCUT2D eigenvalue weighted by Crippen LogP contribution is -2.22. The zero-order valence-corrected chi connectivity index (χ0v) is 15.3. The summed E-state index contributed by atoms with van der Waals surface area (Å²) in [5, 5.41) is 2.68. The van der Waals surface area contributed by atoms with Gasteiger partial charge in [0.25, 0.3) is 0 Å². The van der Waals surface area contributed by atoms with E-state index in [0.717, 1.165) is 17.5 Å². The Morgan fingerprint density at radius 3 is 2.19 bits per heavy atom. The van der Waals surface area contributed by atoms with Crippen molar-refractivity contribution in [2.24, 2.45) is 0 Å². The van der Waals surface area contributed by atoms with Gasteiger partial charge < -0.3 is 21.5 Å². The maximum atomic E-state index is 12.4. The number of hydrogen-bond acceptors (Lipinski definition) is 8.